The number of ether oxygens (including phenoxy) is 1. The second-order valence-electron chi connectivity index (χ2n) is 11.1. The van der Waals surface area contributed by atoms with Gasteiger partial charge in [0, 0.05) is 30.2 Å². The summed E-state index contributed by atoms with van der Waals surface area (Å²) >= 11 is 12.1. The van der Waals surface area contributed by atoms with Gasteiger partial charge in [-0.1, -0.05) is 57.9 Å². The second-order valence-corrected chi connectivity index (χ2v) is 11.9. The summed E-state index contributed by atoms with van der Waals surface area (Å²) in [4.78, 5) is 32.2. The summed E-state index contributed by atoms with van der Waals surface area (Å²) in [6.45, 7) is 1.84. The topological polar surface area (TPSA) is 255 Å². The molecule has 0 aromatic heterocycles. The minimum atomic E-state index is -1.09. The Hall–Kier alpha value is -4.59. The lowest BCUT2D eigenvalue weighted by Crippen LogP contribution is -2.60. The molecule has 3 amide bonds. The third kappa shape index (κ3) is 8.23. The molecule has 2 unspecified atom stereocenters. The van der Waals surface area contributed by atoms with Crippen LogP contribution >= 0.6 is 23.2 Å². The normalized spacial score (nSPS) is 21.3. The maximum absolute atomic E-state index is 13.3. The minimum absolute atomic E-state index is 0.00720. The SMILES string of the molecule is NN=NC1=C(Cl)N=C(C(=O)NC2NC3(CCN(C(=O)N(N)Cc4cccc(COc5ccc(Cl)cc5)c4)CC3)CN2N)C(N=NN)N1. The van der Waals surface area contributed by atoms with Crippen LogP contribution in [0.15, 0.2) is 85.2 Å². The molecule has 18 nitrogen and oxygen atoms in total. The van der Waals surface area contributed by atoms with E-state index in [2.05, 4.69) is 41.6 Å². The number of carbonyl (C=O) groups excluding carboxylic acids is 2. The van der Waals surface area contributed by atoms with Crippen molar-refractivity contribution in [3.8, 4) is 5.75 Å². The predicted molar refractivity (Wildman–Crippen MR) is 172 cm³/mol. The molecule has 3 aliphatic heterocycles. The number of amides is 3. The molecule has 0 saturated carbocycles. The number of benzene rings is 2. The Morgan fingerprint density at radius 2 is 1.83 bits per heavy atom. The number of nitrogens with one attached hydrogen (secondary N) is 3. The van der Waals surface area contributed by atoms with Crippen LogP contribution in [0.25, 0.3) is 0 Å². The van der Waals surface area contributed by atoms with Gasteiger partial charge in [-0.15, -0.1) is 10.2 Å². The Morgan fingerprint density at radius 1 is 1.11 bits per heavy atom. The second kappa shape index (κ2) is 14.9. The summed E-state index contributed by atoms with van der Waals surface area (Å²) in [6, 6.07) is 14.5. The highest BCUT2D eigenvalue weighted by atomic mass is 35.5. The number of rotatable bonds is 9. The molecule has 250 valence electrons. The molecule has 47 heavy (non-hydrogen) atoms. The van der Waals surface area contributed by atoms with Crippen molar-refractivity contribution in [3.63, 3.8) is 0 Å². The van der Waals surface area contributed by atoms with E-state index in [1.54, 1.807) is 29.2 Å². The molecule has 2 aromatic carbocycles. The van der Waals surface area contributed by atoms with E-state index in [1.165, 1.54) is 10.0 Å². The molecule has 0 bridgehead atoms. The van der Waals surface area contributed by atoms with Gasteiger partial charge >= 0.3 is 6.03 Å². The number of nitrogens with two attached hydrogens (primary N) is 4. The fourth-order valence-corrected chi connectivity index (χ4v) is 5.81. The zero-order valence-electron chi connectivity index (χ0n) is 25.1. The van der Waals surface area contributed by atoms with Crippen LogP contribution in [0.2, 0.25) is 5.02 Å². The number of piperidine rings is 1. The average Bonchev–Trinajstić information content (AvgIpc) is 3.35. The standard InChI is InChI=1S/C27H35Cl2N15O3/c28-18-4-6-19(7-5-18)47-14-17-3-1-2-16(12-17)13-43(32)26(46)42-10-8-27(9-11-42)15-44(33)25(37-27)36-24(45)20-22(38-40-30)35-23(39-41-31)21(29)34-20/h1-7,12,22,25,35,37H,8-11,13-15,32-33H2,(H2,30,38)(H2,31,39)(H,36,45). The van der Waals surface area contributed by atoms with Gasteiger partial charge in [0.2, 0.25) is 0 Å². The molecule has 11 N–H and O–H groups in total. The van der Waals surface area contributed by atoms with Gasteiger partial charge in [-0.25, -0.2) is 20.6 Å². The third-order valence-corrected chi connectivity index (χ3v) is 8.36. The van der Waals surface area contributed by atoms with Gasteiger partial charge in [0.25, 0.3) is 5.91 Å². The van der Waals surface area contributed by atoms with E-state index in [1.807, 2.05) is 24.3 Å². The van der Waals surface area contributed by atoms with Crippen LogP contribution in [0.3, 0.4) is 0 Å². The highest BCUT2D eigenvalue weighted by Gasteiger charge is 2.46. The van der Waals surface area contributed by atoms with Crippen molar-refractivity contribution < 1.29 is 14.3 Å². The maximum Gasteiger partial charge on any atom is 0.334 e. The molecule has 2 fully saturated rings. The average molecular weight is 689 g/mol. The first-order chi connectivity index (χ1) is 22.6. The quantitative estimate of drug-likeness (QED) is 0.0649. The van der Waals surface area contributed by atoms with E-state index in [-0.39, 0.29) is 29.3 Å². The molecule has 3 aliphatic rings. The summed E-state index contributed by atoms with van der Waals surface area (Å²) in [5.74, 6) is 22.9. The van der Waals surface area contributed by atoms with Crippen molar-refractivity contribution >= 4 is 40.9 Å². The largest absolute Gasteiger partial charge is 0.489 e. The number of aliphatic imine (C=N–C) groups is 1. The van der Waals surface area contributed by atoms with Gasteiger partial charge in [-0.05, 0) is 48.2 Å². The van der Waals surface area contributed by atoms with Crippen molar-refractivity contribution in [2.45, 2.75) is 44.0 Å². The summed E-state index contributed by atoms with van der Waals surface area (Å²) in [6.07, 6.45) is -0.710. The van der Waals surface area contributed by atoms with Crippen LogP contribution in [-0.4, -0.2) is 70.2 Å². The Balaban J connectivity index is 1.13. The number of hydrogen-bond acceptors (Lipinski definition) is 13. The van der Waals surface area contributed by atoms with Gasteiger partial charge in [-0.2, -0.15) is 0 Å². The number of halogens is 2. The molecule has 5 rings (SSSR count). The van der Waals surface area contributed by atoms with Crippen LogP contribution in [0.5, 0.6) is 5.75 Å². The van der Waals surface area contributed by atoms with Gasteiger partial charge in [0.1, 0.15) is 18.6 Å². The van der Waals surface area contributed by atoms with Crippen LogP contribution in [0.4, 0.5) is 4.79 Å². The molecule has 2 saturated heterocycles. The zero-order valence-corrected chi connectivity index (χ0v) is 26.6. The van der Waals surface area contributed by atoms with Crippen molar-refractivity contribution in [2.75, 3.05) is 19.6 Å². The van der Waals surface area contributed by atoms with Crippen molar-refractivity contribution in [3.05, 3.63) is 75.7 Å². The first-order valence-electron chi connectivity index (χ1n) is 14.4. The minimum Gasteiger partial charge on any atom is -0.489 e. The molecule has 0 aliphatic carbocycles. The molecule has 2 aromatic rings. The third-order valence-electron chi connectivity index (χ3n) is 7.85. The molecule has 1 spiro atoms. The van der Waals surface area contributed by atoms with Gasteiger partial charge in [-0.3, -0.25) is 21.0 Å². The summed E-state index contributed by atoms with van der Waals surface area (Å²) in [5.41, 5.74) is 1.22. The number of nitrogens with zero attached hydrogens (tertiary/aromatic N) is 8. The summed E-state index contributed by atoms with van der Waals surface area (Å²) in [5, 5.41) is 25.8. The fraction of sp³-hybridized carbons (Fsp3) is 0.370. The van der Waals surface area contributed by atoms with Crippen molar-refractivity contribution in [1.29, 1.82) is 0 Å². The zero-order chi connectivity index (χ0) is 33.6. The Labute approximate surface area is 279 Å². The summed E-state index contributed by atoms with van der Waals surface area (Å²) in [7, 11) is 0. The van der Waals surface area contributed by atoms with Crippen LogP contribution < -0.4 is 44.1 Å². The van der Waals surface area contributed by atoms with Crippen LogP contribution in [0, 0.1) is 0 Å². The number of carbonyl (C=O) groups is 2. The molecule has 3 heterocycles. The Morgan fingerprint density at radius 3 is 2.53 bits per heavy atom. The molecule has 20 heteroatoms. The smallest absolute Gasteiger partial charge is 0.334 e. The van der Waals surface area contributed by atoms with Crippen LogP contribution in [-0.2, 0) is 17.9 Å². The van der Waals surface area contributed by atoms with E-state index in [9.17, 15) is 9.59 Å². The predicted octanol–water partition coefficient (Wildman–Crippen LogP) is 1.12. The van der Waals surface area contributed by atoms with Crippen molar-refractivity contribution in [1.82, 2.24) is 30.9 Å². The highest BCUT2D eigenvalue weighted by Crippen LogP contribution is 2.29. The fourth-order valence-electron chi connectivity index (χ4n) is 5.50. The number of likely N-dealkylation sites (tertiary alicyclic amines) is 1. The Bertz CT molecular complexity index is 1580. The number of urea groups is 1. The Kier molecular flexibility index (Phi) is 10.7. The summed E-state index contributed by atoms with van der Waals surface area (Å²) < 4.78 is 5.83. The molecular weight excluding hydrogens is 653 g/mol. The number of hydrazine groups is 2. The van der Waals surface area contributed by atoms with E-state index in [0.717, 1.165) is 11.1 Å². The van der Waals surface area contributed by atoms with E-state index < -0.39 is 23.9 Å². The van der Waals surface area contributed by atoms with E-state index in [0.29, 0.717) is 49.9 Å². The van der Waals surface area contributed by atoms with Gasteiger partial charge in [0.05, 0.1) is 6.54 Å². The molecular formula is C27H35Cl2N15O3. The van der Waals surface area contributed by atoms with E-state index >= 15 is 0 Å². The van der Waals surface area contributed by atoms with Crippen molar-refractivity contribution in [2.24, 2.45) is 49.0 Å². The van der Waals surface area contributed by atoms with Gasteiger partial charge in [0.15, 0.2) is 22.9 Å². The first-order valence-corrected chi connectivity index (χ1v) is 15.2. The number of hydrogen-bond donors (Lipinski definition) is 7. The lowest BCUT2D eigenvalue weighted by molar-refractivity contribution is -0.116. The lowest BCUT2D eigenvalue weighted by atomic mass is 9.88. The van der Waals surface area contributed by atoms with Crippen LogP contribution in [0.1, 0.15) is 24.0 Å². The first kappa shape index (κ1) is 33.8. The van der Waals surface area contributed by atoms with E-state index in [4.69, 9.17) is 51.3 Å². The molecule has 0 radical (unpaired) electrons. The maximum atomic E-state index is 13.3. The van der Waals surface area contributed by atoms with Gasteiger partial charge < -0.3 is 32.0 Å². The highest BCUT2D eigenvalue weighted by molar-refractivity contribution is 6.43. The lowest BCUT2D eigenvalue weighted by Gasteiger charge is -2.40. The molecule has 2 atom stereocenters. The monoisotopic (exact) mass is 687 g/mol.